The number of nitrogens with zero attached hydrogens (tertiary/aromatic N) is 2. The second-order valence-electron chi connectivity index (χ2n) is 5.89. The van der Waals surface area contributed by atoms with Crippen molar-refractivity contribution in [2.75, 3.05) is 40.1 Å². The van der Waals surface area contributed by atoms with Crippen LogP contribution in [0.2, 0.25) is 0 Å². The number of aliphatic imine (C=N–C) groups is 1. The number of ether oxygens (including phenoxy) is 1. The molecule has 0 aromatic heterocycles. The molecule has 4 nitrogen and oxygen atoms in total. The molecule has 0 saturated carbocycles. The highest BCUT2D eigenvalue weighted by atomic mass is 127. The summed E-state index contributed by atoms with van der Waals surface area (Å²) in [6.45, 7) is 3.12. The van der Waals surface area contributed by atoms with Gasteiger partial charge in [-0.1, -0.05) is 12.1 Å². The Kier molecular flexibility index (Phi) is 9.36. The maximum atomic E-state index is 13.3. The van der Waals surface area contributed by atoms with Crippen LogP contribution in [-0.2, 0) is 11.3 Å². The molecular formula is C17H27FIN3OS. The van der Waals surface area contributed by atoms with Crippen molar-refractivity contribution in [2.45, 2.75) is 24.1 Å². The first kappa shape index (κ1) is 21.5. The van der Waals surface area contributed by atoms with Gasteiger partial charge < -0.3 is 15.0 Å². The van der Waals surface area contributed by atoms with Crippen LogP contribution in [0, 0.1) is 5.82 Å². The lowest BCUT2D eigenvalue weighted by Crippen LogP contribution is -2.48. The Bertz CT molecular complexity index is 538. The minimum absolute atomic E-state index is 0. The van der Waals surface area contributed by atoms with Crippen LogP contribution in [0.25, 0.3) is 0 Å². The molecule has 1 aromatic rings. The van der Waals surface area contributed by atoms with Crippen molar-refractivity contribution in [3.63, 3.8) is 0 Å². The second-order valence-corrected chi connectivity index (χ2v) is 7.16. The second kappa shape index (κ2) is 10.5. The number of rotatable bonds is 5. The molecule has 0 spiro atoms. The fourth-order valence-electron chi connectivity index (χ4n) is 2.81. The molecule has 1 aromatic carbocycles. The van der Waals surface area contributed by atoms with Gasteiger partial charge in [-0.15, -0.1) is 24.0 Å². The zero-order chi connectivity index (χ0) is 16.7. The number of guanidine groups is 1. The van der Waals surface area contributed by atoms with E-state index in [9.17, 15) is 4.39 Å². The van der Waals surface area contributed by atoms with Gasteiger partial charge in [0.05, 0.1) is 0 Å². The van der Waals surface area contributed by atoms with Gasteiger partial charge in [0, 0.05) is 45.1 Å². The molecule has 7 heteroatoms. The molecule has 2 rings (SSSR count). The Balaban J connectivity index is 0.00000288. The molecule has 1 heterocycles. The number of thioether (sulfide) groups is 1. The highest BCUT2D eigenvalue weighted by molar-refractivity contribution is 14.0. The number of halogens is 2. The Labute approximate surface area is 165 Å². The summed E-state index contributed by atoms with van der Waals surface area (Å²) in [7, 11) is 3.75. The number of hydrogen-bond acceptors (Lipinski definition) is 3. The van der Waals surface area contributed by atoms with Gasteiger partial charge in [0.2, 0.25) is 0 Å². The topological polar surface area (TPSA) is 36.9 Å². The predicted octanol–water partition coefficient (Wildman–Crippen LogP) is 3.36. The molecule has 1 aliphatic heterocycles. The van der Waals surface area contributed by atoms with Gasteiger partial charge in [0.1, 0.15) is 5.82 Å². The lowest BCUT2D eigenvalue weighted by atomic mass is 9.99. The molecule has 0 atom stereocenters. The van der Waals surface area contributed by atoms with Gasteiger partial charge in [-0.3, -0.25) is 4.99 Å². The summed E-state index contributed by atoms with van der Waals surface area (Å²) in [4.78, 5) is 6.37. The minimum Gasteiger partial charge on any atom is -0.381 e. The zero-order valence-corrected chi connectivity index (χ0v) is 17.7. The minimum atomic E-state index is -0.206. The number of benzene rings is 1. The normalized spacial score (nSPS) is 17.1. The molecule has 0 radical (unpaired) electrons. The van der Waals surface area contributed by atoms with Crippen molar-refractivity contribution in [1.82, 2.24) is 10.2 Å². The van der Waals surface area contributed by atoms with E-state index < -0.39 is 0 Å². The van der Waals surface area contributed by atoms with E-state index in [1.807, 2.05) is 29.8 Å². The Morgan fingerprint density at radius 1 is 1.42 bits per heavy atom. The SMILES string of the molecule is CN=C(NCC1(SC)CCOCC1)N(C)Cc1cccc(F)c1.I. The number of hydrogen-bond donors (Lipinski definition) is 1. The summed E-state index contributed by atoms with van der Waals surface area (Å²) in [6, 6.07) is 6.68. The molecule has 1 saturated heterocycles. The van der Waals surface area contributed by atoms with Gasteiger partial charge in [0.25, 0.3) is 0 Å². The van der Waals surface area contributed by atoms with Crippen molar-refractivity contribution < 1.29 is 9.13 Å². The third kappa shape index (κ3) is 6.07. The fourth-order valence-corrected chi connectivity index (χ4v) is 3.60. The maximum absolute atomic E-state index is 13.3. The largest absolute Gasteiger partial charge is 0.381 e. The summed E-state index contributed by atoms with van der Waals surface area (Å²) >= 11 is 1.90. The Morgan fingerprint density at radius 3 is 2.71 bits per heavy atom. The standard InChI is InChI=1S/C17H26FN3OS.HI/c1-19-16(20-13-17(23-3)7-9-22-10-8-17)21(2)12-14-5-4-6-15(18)11-14;/h4-6,11H,7-10,12-13H2,1-3H3,(H,19,20);1H. The maximum Gasteiger partial charge on any atom is 0.193 e. The number of nitrogens with one attached hydrogen (secondary N) is 1. The molecule has 1 N–H and O–H groups in total. The summed E-state index contributed by atoms with van der Waals surface area (Å²) in [5.74, 6) is 0.622. The zero-order valence-electron chi connectivity index (χ0n) is 14.5. The van der Waals surface area contributed by atoms with Crippen molar-refractivity contribution in [3.8, 4) is 0 Å². The van der Waals surface area contributed by atoms with E-state index in [0.717, 1.165) is 44.1 Å². The van der Waals surface area contributed by atoms with Gasteiger partial charge in [0.15, 0.2) is 5.96 Å². The van der Waals surface area contributed by atoms with Crippen LogP contribution in [0.5, 0.6) is 0 Å². The molecule has 136 valence electrons. The van der Waals surface area contributed by atoms with Crippen LogP contribution in [0.15, 0.2) is 29.3 Å². The van der Waals surface area contributed by atoms with Crippen LogP contribution in [0.4, 0.5) is 4.39 Å². The average molecular weight is 467 g/mol. The first-order chi connectivity index (χ1) is 11.1. The van der Waals surface area contributed by atoms with Gasteiger partial charge in [-0.05, 0) is 36.8 Å². The first-order valence-corrected chi connectivity index (χ1v) is 9.10. The first-order valence-electron chi connectivity index (χ1n) is 7.88. The van der Waals surface area contributed by atoms with Crippen LogP contribution in [-0.4, -0.2) is 55.7 Å². The van der Waals surface area contributed by atoms with E-state index in [-0.39, 0.29) is 34.5 Å². The summed E-state index contributed by atoms with van der Waals surface area (Å²) in [6.07, 6.45) is 4.25. The van der Waals surface area contributed by atoms with Gasteiger partial charge in [-0.25, -0.2) is 4.39 Å². The van der Waals surface area contributed by atoms with E-state index in [1.165, 1.54) is 6.07 Å². The monoisotopic (exact) mass is 467 g/mol. The Morgan fingerprint density at radius 2 is 2.12 bits per heavy atom. The molecule has 1 fully saturated rings. The molecule has 24 heavy (non-hydrogen) atoms. The average Bonchev–Trinajstić information content (AvgIpc) is 2.56. The van der Waals surface area contributed by atoms with Crippen LogP contribution < -0.4 is 5.32 Å². The predicted molar refractivity (Wildman–Crippen MR) is 111 cm³/mol. The van der Waals surface area contributed by atoms with Crippen LogP contribution in [0.3, 0.4) is 0 Å². The smallest absolute Gasteiger partial charge is 0.193 e. The highest BCUT2D eigenvalue weighted by Crippen LogP contribution is 2.33. The summed E-state index contributed by atoms with van der Waals surface area (Å²) < 4.78 is 19.0. The van der Waals surface area contributed by atoms with Crippen LogP contribution in [0.1, 0.15) is 18.4 Å². The van der Waals surface area contributed by atoms with Crippen molar-refractivity contribution in [3.05, 3.63) is 35.6 Å². The fraction of sp³-hybridized carbons (Fsp3) is 0.588. The van der Waals surface area contributed by atoms with Gasteiger partial charge >= 0.3 is 0 Å². The van der Waals surface area contributed by atoms with Gasteiger partial charge in [-0.2, -0.15) is 11.8 Å². The molecule has 1 aliphatic rings. The third-order valence-corrected chi connectivity index (χ3v) is 5.71. The van der Waals surface area contributed by atoms with Crippen molar-refractivity contribution >= 4 is 41.7 Å². The molecule has 0 aliphatic carbocycles. The Hall–Kier alpha value is -0.540. The van der Waals surface area contributed by atoms with Crippen molar-refractivity contribution in [1.29, 1.82) is 0 Å². The molecule has 0 bridgehead atoms. The molecular weight excluding hydrogens is 440 g/mol. The lowest BCUT2D eigenvalue weighted by molar-refractivity contribution is 0.0781. The van der Waals surface area contributed by atoms with E-state index in [1.54, 1.807) is 19.2 Å². The lowest BCUT2D eigenvalue weighted by Gasteiger charge is -2.37. The summed E-state index contributed by atoms with van der Waals surface area (Å²) in [5, 5.41) is 3.47. The van der Waals surface area contributed by atoms with E-state index in [2.05, 4.69) is 16.6 Å². The van der Waals surface area contributed by atoms with Crippen molar-refractivity contribution in [2.24, 2.45) is 4.99 Å². The van der Waals surface area contributed by atoms with E-state index in [0.29, 0.717) is 6.54 Å². The summed E-state index contributed by atoms with van der Waals surface area (Å²) in [5.41, 5.74) is 0.932. The van der Waals surface area contributed by atoms with E-state index >= 15 is 0 Å². The quantitative estimate of drug-likeness (QED) is 0.410. The third-order valence-electron chi connectivity index (χ3n) is 4.29. The van der Waals surface area contributed by atoms with Crippen LogP contribution >= 0.6 is 35.7 Å². The molecule has 0 amide bonds. The highest BCUT2D eigenvalue weighted by Gasteiger charge is 2.32. The molecule has 0 unspecified atom stereocenters. The van der Waals surface area contributed by atoms with E-state index in [4.69, 9.17) is 4.74 Å².